The maximum Gasteiger partial charge on any atom is 0.257 e. The number of aliphatic hydroxyl groups is 6. The molecule has 0 aromatic heterocycles. The second-order valence-electron chi connectivity index (χ2n) is 27.5. The van der Waals surface area contributed by atoms with Gasteiger partial charge in [0.05, 0.1) is 92.7 Å². The minimum absolute atomic E-state index is 0.0293. The van der Waals surface area contributed by atoms with Gasteiger partial charge in [0, 0.05) is 64.0 Å². The van der Waals surface area contributed by atoms with Crippen LogP contribution in [-0.2, 0) is 66.6 Å². The molecule has 0 unspecified atom stereocenters. The second-order valence-corrected chi connectivity index (χ2v) is 27.5. The van der Waals surface area contributed by atoms with Crippen LogP contribution >= 0.6 is 0 Å². The molecular formula is C68H113N7O24. The highest BCUT2D eigenvalue weighted by molar-refractivity contribution is 5.96. The normalized spacial score (nSPS) is 21.5. The first kappa shape index (κ1) is 85.4. The molecule has 0 aliphatic carbocycles. The molecule has 4 rings (SSSR count). The van der Waals surface area contributed by atoms with Crippen molar-refractivity contribution in [3.05, 3.63) is 42.0 Å². The van der Waals surface area contributed by atoms with Crippen LogP contribution in [0.2, 0.25) is 0 Å². The van der Waals surface area contributed by atoms with Crippen molar-refractivity contribution < 1.29 is 116 Å². The SMILES string of the molecule is CCOC(C)(C)CCNC(=O)COc1cc(OCC(=O)NCCC(C)(C)OCC(C)(C)C(=O)NCCOCCO[C@@H]2O[C@@H](C)[C@H](O)[C@@H](O)[C@H]2O)cc(-c2cc(OCC(=O)NCCC(C)(C)OCC(C)(C)C(=O)NCCOCCO[C@@H]3O[C@@H](C)[C@H](O)[C@@H](O)[C@H]3O)cc(C(=O)NCCN)c2)c1. The van der Waals surface area contributed by atoms with E-state index in [1.54, 1.807) is 65.8 Å². The Kier molecular flexibility index (Phi) is 35.6. The number of rotatable bonds is 46. The van der Waals surface area contributed by atoms with Crippen molar-refractivity contribution in [2.45, 2.75) is 187 Å². The number of amides is 6. The standard InChI is InChI=1S/C68H113N7O24/c1-14-95-66(8,9)15-19-70-51(77)38-93-48-33-45(34-49(36-48)94-39-52(78)72-21-17-68(12,13)97-41-65(6,7)63(87)75-24-26-89-28-30-91-61-58(84)56(82)54(80)43(3)99-61)44-31-46(59(85)73-22-18-69)35-47(32-44)92-37-50(76)71-20-16-67(10,11)96-40-64(4,5)62(86)74-23-25-88-27-29-90-60-57(83)55(81)53(79)42(2)98-60/h31-36,42-43,53-58,60-61,79-84H,14-30,37-41,69H2,1-13H3,(H,70,77)(H,71,76)(H,72,78)(H,73,85)(H,74,86)(H,75,87)/t42-,43-,53-,54-,55+,56+,57+,58+,60+,61+/m0/s1. The maximum atomic E-state index is 13.5. The van der Waals surface area contributed by atoms with Crippen LogP contribution in [0.1, 0.15) is 120 Å². The van der Waals surface area contributed by atoms with Crippen LogP contribution in [0.15, 0.2) is 36.4 Å². The number of carbonyl (C=O) groups is 6. The Labute approximate surface area is 581 Å². The van der Waals surface area contributed by atoms with Gasteiger partial charge in [-0.05, 0) is 151 Å². The Balaban J connectivity index is 1.32. The highest BCUT2D eigenvalue weighted by Crippen LogP contribution is 2.34. The minimum Gasteiger partial charge on any atom is -0.484 e. The maximum absolute atomic E-state index is 13.5. The van der Waals surface area contributed by atoms with Crippen LogP contribution in [0.25, 0.3) is 11.1 Å². The predicted octanol–water partition coefficient (Wildman–Crippen LogP) is 0.109. The quantitative estimate of drug-likeness (QED) is 0.0391. The molecule has 2 aliphatic rings. The van der Waals surface area contributed by atoms with Crippen LogP contribution in [0.5, 0.6) is 17.2 Å². The number of carbonyl (C=O) groups excluding carboxylic acids is 6. The van der Waals surface area contributed by atoms with Crippen LogP contribution in [0, 0.1) is 10.8 Å². The molecule has 2 aromatic rings. The number of aliphatic hydroxyl groups excluding tert-OH is 6. The lowest BCUT2D eigenvalue weighted by atomic mass is 9.93. The number of nitrogens with one attached hydrogen (secondary N) is 6. The number of benzene rings is 2. The fourth-order valence-corrected chi connectivity index (χ4v) is 9.68. The molecule has 2 aliphatic heterocycles. The predicted molar refractivity (Wildman–Crippen MR) is 360 cm³/mol. The molecule has 0 spiro atoms. The van der Waals surface area contributed by atoms with E-state index in [1.165, 1.54) is 12.1 Å². The first-order valence-corrected chi connectivity index (χ1v) is 33.7. The van der Waals surface area contributed by atoms with Gasteiger partial charge in [0.2, 0.25) is 11.8 Å². The molecule has 2 aromatic carbocycles. The van der Waals surface area contributed by atoms with Gasteiger partial charge in [0.15, 0.2) is 32.4 Å². The smallest absolute Gasteiger partial charge is 0.257 e. The summed E-state index contributed by atoms with van der Waals surface area (Å²) in [5.41, 5.74) is 2.80. The Hall–Kier alpha value is -5.98. The summed E-state index contributed by atoms with van der Waals surface area (Å²) in [6, 6.07) is 9.41. The molecule has 0 radical (unpaired) electrons. The van der Waals surface area contributed by atoms with Crippen LogP contribution in [0.3, 0.4) is 0 Å². The highest BCUT2D eigenvalue weighted by atomic mass is 16.7. The first-order valence-electron chi connectivity index (χ1n) is 33.7. The average Bonchev–Trinajstić information content (AvgIpc) is 0.821. The van der Waals surface area contributed by atoms with E-state index in [4.69, 9.17) is 62.6 Å². The van der Waals surface area contributed by atoms with E-state index < -0.39 is 126 Å². The molecule has 0 saturated carbocycles. The van der Waals surface area contributed by atoms with Crippen molar-refractivity contribution in [2.24, 2.45) is 16.6 Å². The fraction of sp³-hybridized carbons (Fsp3) is 0.735. The zero-order chi connectivity index (χ0) is 73.7. The third-order valence-corrected chi connectivity index (χ3v) is 16.2. The molecule has 31 nitrogen and oxygen atoms in total. The van der Waals surface area contributed by atoms with Gasteiger partial charge in [-0.2, -0.15) is 0 Å². The van der Waals surface area contributed by atoms with E-state index in [9.17, 15) is 59.4 Å². The van der Waals surface area contributed by atoms with E-state index >= 15 is 0 Å². The van der Waals surface area contributed by atoms with E-state index in [2.05, 4.69) is 31.9 Å². The van der Waals surface area contributed by atoms with Crippen molar-refractivity contribution in [3.8, 4) is 28.4 Å². The van der Waals surface area contributed by atoms with Gasteiger partial charge in [-0.15, -0.1) is 0 Å². The molecule has 31 heteroatoms. The molecule has 0 bridgehead atoms. The summed E-state index contributed by atoms with van der Waals surface area (Å²) in [6.45, 7) is 24.5. The summed E-state index contributed by atoms with van der Waals surface area (Å²) in [4.78, 5) is 79.5. The Morgan fingerprint density at radius 1 is 0.444 bits per heavy atom. The van der Waals surface area contributed by atoms with Gasteiger partial charge >= 0.3 is 0 Å². The summed E-state index contributed by atoms with van der Waals surface area (Å²) >= 11 is 0. The molecule has 2 heterocycles. The highest BCUT2D eigenvalue weighted by Gasteiger charge is 2.44. The van der Waals surface area contributed by atoms with Crippen molar-refractivity contribution in [1.29, 1.82) is 0 Å². The molecule has 10 atom stereocenters. The molecule has 6 amide bonds. The van der Waals surface area contributed by atoms with Gasteiger partial charge in [0.1, 0.15) is 53.9 Å². The van der Waals surface area contributed by atoms with Gasteiger partial charge in [-0.25, -0.2) is 0 Å². The van der Waals surface area contributed by atoms with Crippen molar-refractivity contribution in [3.63, 3.8) is 0 Å². The Morgan fingerprint density at radius 3 is 1.20 bits per heavy atom. The lowest BCUT2D eigenvalue weighted by Gasteiger charge is -2.38. The molecular weight excluding hydrogens is 1300 g/mol. The fourth-order valence-electron chi connectivity index (χ4n) is 9.68. The van der Waals surface area contributed by atoms with Gasteiger partial charge in [-0.1, -0.05) is 0 Å². The van der Waals surface area contributed by atoms with E-state index in [0.29, 0.717) is 43.5 Å². The van der Waals surface area contributed by atoms with Crippen molar-refractivity contribution >= 4 is 35.4 Å². The minimum atomic E-state index is -1.43. The van der Waals surface area contributed by atoms with E-state index in [0.717, 1.165) is 0 Å². The van der Waals surface area contributed by atoms with Crippen molar-refractivity contribution in [2.75, 3.05) is 125 Å². The molecule has 564 valence electrons. The zero-order valence-corrected chi connectivity index (χ0v) is 59.9. The van der Waals surface area contributed by atoms with Gasteiger partial charge < -0.3 is 125 Å². The number of hydrogen-bond acceptors (Lipinski definition) is 25. The average molecular weight is 1410 g/mol. The van der Waals surface area contributed by atoms with E-state index in [1.807, 2.05) is 48.5 Å². The summed E-state index contributed by atoms with van der Waals surface area (Å²) in [5.74, 6) is -1.91. The van der Waals surface area contributed by atoms with E-state index in [-0.39, 0.29) is 133 Å². The third kappa shape index (κ3) is 30.6. The van der Waals surface area contributed by atoms with Gasteiger partial charge in [-0.3, -0.25) is 28.8 Å². The first-order chi connectivity index (χ1) is 46.5. The van der Waals surface area contributed by atoms with Crippen LogP contribution in [-0.4, -0.2) is 269 Å². The zero-order valence-electron chi connectivity index (χ0n) is 59.9. The van der Waals surface area contributed by atoms with Gasteiger partial charge in [0.25, 0.3) is 23.6 Å². The lowest BCUT2D eigenvalue weighted by Crippen LogP contribution is -2.57. The lowest BCUT2D eigenvalue weighted by molar-refractivity contribution is -0.294. The third-order valence-electron chi connectivity index (χ3n) is 16.2. The molecule has 2 fully saturated rings. The molecule has 2 saturated heterocycles. The topological polar surface area (TPSA) is 433 Å². The summed E-state index contributed by atoms with van der Waals surface area (Å²) in [6.07, 6.45) is -10.7. The largest absolute Gasteiger partial charge is 0.484 e. The Morgan fingerprint density at radius 2 is 0.818 bits per heavy atom. The number of ether oxygens (including phenoxy) is 12. The Bertz CT molecular complexity index is 2830. The van der Waals surface area contributed by atoms with Crippen LogP contribution in [0.4, 0.5) is 0 Å². The van der Waals surface area contributed by atoms with Crippen LogP contribution < -0.4 is 51.8 Å². The summed E-state index contributed by atoms with van der Waals surface area (Å²) in [7, 11) is 0. The number of hydrogen-bond donors (Lipinski definition) is 13. The molecule has 14 N–H and O–H groups in total. The summed E-state index contributed by atoms with van der Waals surface area (Å²) in [5, 5.41) is 76.9. The second kappa shape index (κ2) is 41.2. The number of nitrogens with two attached hydrogens (primary N) is 1. The summed E-state index contributed by atoms with van der Waals surface area (Å²) < 4.78 is 69.0. The van der Waals surface area contributed by atoms with Crippen molar-refractivity contribution in [1.82, 2.24) is 31.9 Å². The molecule has 99 heavy (non-hydrogen) atoms. The monoisotopic (exact) mass is 1410 g/mol.